The Morgan fingerprint density at radius 2 is 1.94 bits per heavy atom. The van der Waals surface area contributed by atoms with Crippen LogP contribution >= 0.6 is 24.0 Å². The molecule has 7 heteroatoms. The van der Waals surface area contributed by atoms with E-state index < -0.39 is 0 Å². The second-order valence-corrected chi connectivity index (χ2v) is 8.03. The molecular weight excluding hydrogens is 515 g/mol. The minimum Gasteiger partial charge on any atom is -0.370 e. The molecule has 1 heterocycles. The van der Waals surface area contributed by atoms with E-state index >= 15 is 0 Å². The molecule has 1 unspecified atom stereocenters. The number of nitrogens with one attached hydrogen (secondary N) is 2. The lowest BCUT2D eigenvalue weighted by Crippen LogP contribution is -2.48. The van der Waals surface area contributed by atoms with Gasteiger partial charge in [0.2, 0.25) is 5.91 Å². The van der Waals surface area contributed by atoms with Crippen molar-refractivity contribution in [3.63, 3.8) is 0 Å². The summed E-state index contributed by atoms with van der Waals surface area (Å²) in [7, 11) is 0. The van der Waals surface area contributed by atoms with E-state index in [0.29, 0.717) is 13.2 Å². The lowest BCUT2D eigenvalue weighted by Gasteiger charge is -2.36. The van der Waals surface area contributed by atoms with Gasteiger partial charge in [-0.05, 0) is 56.0 Å². The van der Waals surface area contributed by atoms with E-state index in [0.717, 1.165) is 37.7 Å². The second kappa shape index (κ2) is 12.8. The van der Waals surface area contributed by atoms with Crippen LogP contribution in [-0.2, 0) is 16.0 Å². The predicted octanol–water partition coefficient (Wildman–Crippen LogP) is 4.46. The summed E-state index contributed by atoms with van der Waals surface area (Å²) in [5.41, 5.74) is 5.82. The summed E-state index contributed by atoms with van der Waals surface area (Å²) in [5.74, 6) is 0.882. The van der Waals surface area contributed by atoms with E-state index in [9.17, 15) is 4.79 Å². The molecule has 1 atom stereocenters. The van der Waals surface area contributed by atoms with Crippen LogP contribution < -0.4 is 10.6 Å². The SMILES string of the molecule is CCNC(=NCCc1ccc(NC(C)=O)cc1)N1CCOC(c2ccc(C)cc2C)C1.I. The number of aliphatic imine (C=N–C) groups is 1. The van der Waals surface area contributed by atoms with E-state index in [-0.39, 0.29) is 36.0 Å². The molecule has 2 aromatic rings. The van der Waals surface area contributed by atoms with Gasteiger partial charge in [0.1, 0.15) is 6.10 Å². The zero-order valence-electron chi connectivity index (χ0n) is 19.5. The molecular formula is C25H35IN4O2. The lowest BCUT2D eigenvalue weighted by molar-refractivity contribution is -0.114. The standard InChI is InChI=1S/C25H34N4O2.HI/c1-5-26-25(27-13-12-21-7-9-22(10-8-21)28-20(4)30)29-14-15-31-24(17-29)23-11-6-18(2)16-19(23)3;/h6-11,16,24H,5,12-15,17H2,1-4H3,(H,26,27)(H,28,30);1H. The largest absolute Gasteiger partial charge is 0.370 e. The summed E-state index contributed by atoms with van der Waals surface area (Å²) in [6.07, 6.45) is 0.902. The van der Waals surface area contributed by atoms with Crippen LogP contribution in [0.2, 0.25) is 0 Å². The normalized spacial score (nSPS) is 16.3. The molecule has 1 aliphatic rings. The minimum atomic E-state index is -0.0581. The molecule has 3 rings (SSSR count). The highest BCUT2D eigenvalue weighted by molar-refractivity contribution is 14.0. The topological polar surface area (TPSA) is 66.0 Å². The maximum Gasteiger partial charge on any atom is 0.221 e. The number of hydrogen-bond donors (Lipinski definition) is 2. The van der Waals surface area contributed by atoms with Gasteiger partial charge in [0.05, 0.1) is 13.2 Å². The van der Waals surface area contributed by atoms with Gasteiger partial charge in [-0.2, -0.15) is 0 Å². The smallest absolute Gasteiger partial charge is 0.221 e. The Bertz CT molecular complexity index is 915. The molecule has 0 aromatic heterocycles. The predicted molar refractivity (Wildman–Crippen MR) is 142 cm³/mol. The van der Waals surface area contributed by atoms with Crippen molar-refractivity contribution in [3.05, 3.63) is 64.7 Å². The molecule has 0 spiro atoms. The van der Waals surface area contributed by atoms with Crippen LogP contribution in [0.1, 0.15) is 42.2 Å². The van der Waals surface area contributed by atoms with Gasteiger partial charge >= 0.3 is 0 Å². The molecule has 32 heavy (non-hydrogen) atoms. The number of halogens is 1. The average Bonchev–Trinajstić information content (AvgIpc) is 2.74. The summed E-state index contributed by atoms with van der Waals surface area (Å²) in [6.45, 7) is 11.7. The van der Waals surface area contributed by atoms with Crippen molar-refractivity contribution in [1.29, 1.82) is 0 Å². The number of rotatable bonds is 6. The van der Waals surface area contributed by atoms with Crippen LogP contribution in [0.3, 0.4) is 0 Å². The molecule has 0 saturated carbocycles. The zero-order chi connectivity index (χ0) is 22.2. The molecule has 6 nitrogen and oxygen atoms in total. The monoisotopic (exact) mass is 550 g/mol. The van der Waals surface area contributed by atoms with Crippen molar-refractivity contribution in [1.82, 2.24) is 10.2 Å². The quantitative estimate of drug-likeness (QED) is 0.317. The molecule has 0 radical (unpaired) electrons. The molecule has 1 aliphatic heterocycles. The van der Waals surface area contributed by atoms with Gasteiger partial charge in [0.15, 0.2) is 5.96 Å². The third kappa shape index (κ3) is 7.48. The van der Waals surface area contributed by atoms with Crippen LogP contribution in [0, 0.1) is 13.8 Å². The lowest BCUT2D eigenvalue weighted by atomic mass is 10.00. The summed E-state index contributed by atoms with van der Waals surface area (Å²) >= 11 is 0. The van der Waals surface area contributed by atoms with Crippen LogP contribution in [0.15, 0.2) is 47.5 Å². The number of guanidine groups is 1. The van der Waals surface area contributed by atoms with Crippen LogP contribution in [0.25, 0.3) is 0 Å². The summed E-state index contributed by atoms with van der Waals surface area (Å²) in [6, 6.07) is 14.5. The van der Waals surface area contributed by atoms with Crippen LogP contribution in [0.5, 0.6) is 0 Å². The maximum atomic E-state index is 11.2. The van der Waals surface area contributed by atoms with E-state index in [4.69, 9.17) is 9.73 Å². The van der Waals surface area contributed by atoms with Crippen molar-refractivity contribution in [3.8, 4) is 0 Å². The number of nitrogens with zero attached hydrogens (tertiary/aromatic N) is 2. The number of hydrogen-bond acceptors (Lipinski definition) is 3. The highest BCUT2D eigenvalue weighted by atomic mass is 127. The number of ether oxygens (including phenoxy) is 1. The van der Waals surface area contributed by atoms with Crippen LogP contribution in [0.4, 0.5) is 5.69 Å². The molecule has 0 aliphatic carbocycles. The molecule has 0 bridgehead atoms. The number of morpholine rings is 1. The Morgan fingerprint density at radius 3 is 2.59 bits per heavy atom. The first-order chi connectivity index (χ1) is 15.0. The Morgan fingerprint density at radius 1 is 1.19 bits per heavy atom. The summed E-state index contributed by atoms with van der Waals surface area (Å²) in [4.78, 5) is 18.3. The summed E-state index contributed by atoms with van der Waals surface area (Å²) < 4.78 is 6.10. The van der Waals surface area contributed by atoms with Gasteiger partial charge in [-0.15, -0.1) is 24.0 Å². The van der Waals surface area contributed by atoms with Crippen molar-refractivity contribution in [2.24, 2.45) is 4.99 Å². The fourth-order valence-corrected chi connectivity index (χ4v) is 3.89. The van der Waals surface area contributed by atoms with Crippen LogP contribution in [-0.4, -0.2) is 49.6 Å². The molecule has 1 saturated heterocycles. The van der Waals surface area contributed by atoms with E-state index in [1.54, 1.807) is 0 Å². The molecule has 2 aromatic carbocycles. The molecule has 174 valence electrons. The third-order valence-electron chi connectivity index (χ3n) is 5.41. The van der Waals surface area contributed by atoms with Gasteiger partial charge in [-0.3, -0.25) is 9.79 Å². The number of carbonyl (C=O) groups is 1. The van der Waals surface area contributed by atoms with Gasteiger partial charge in [0, 0.05) is 32.2 Å². The minimum absolute atomic E-state index is 0. The number of aryl methyl sites for hydroxylation is 2. The van der Waals surface area contributed by atoms with Gasteiger partial charge < -0.3 is 20.3 Å². The van der Waals surface area contributed by atoms with E-state index in [2.05, 4.69) is 54.5 Å². The Balaban J connectivity index is 0.00000363. The van der Waals surface area contributed by atoms with Crippen molar-refractivity contribution in [2.75, 3.05) is 38.1 Å². The second-order valence-electron chi connectivity index (χ2n) is 8.03. The molecule has 1 fully saturated rings. The van der Waals surface area contributed by atoms with Crippen molar-refractivity contribution < 1.29 is 9.53 Å². The number of amides is 1. The highest BCUT2D eigenvalue weighted by Gasteiger charge is 2.25. The number of benzene rings is 2. The third-order valence-corrected chi connectivity index (χ3v) is 5.41. The first kappa shape index (κ1) is 26.1. The Hall–Kier alpha value is -2.13. The highest BCUT2D eigenvalue weighted by Crippen LogP contribution is 2.26. The van der Waals surface area contributed by atoms with E-state index in [1.807, 2.05) is 24.3 Å². The maximum absolute atomic E-state index is 11.2. The Kier molecular flexibility index (Phi) is 10.4. The Labute approximate surface area is 208 Å². The van der Waals surface area contributed by atoms with Gasteiger partial charge in [-0.25, -0.2) is 0 Å². The first-order valence-electron chi connectivity index (χ1n) is 11.0. The van der Waals surface area contributed by atoms with Gasteiger partial charge in [-0.1, -0.05) is 35.9 Å². The number of anilines is 1. The fraction of sp³-hybridized carbons (Fsp3) is 0.440. The average molecular weight is 550 g/mol. The van der Waals surface area contributed by atoms with Gasteiger partial charge in [0.25, 0.3) is 0 Å². The summed E-state index contributed by atoms with van der Waals surface area (Å²) in [5, 5.41) is 6.23. The van der Waals surface area contributed by atoms with Crippen molar-refractivity contribution in [2.45, 2.75) is 40.2 Å². The first-order valence-corrected chi connectivity index (χ1v) is 11.0. The zero-order valence-corrected chi connectivity index (χ0v) is 21.8. The van der Waals surface area contributed by atoms with Crippen molar-refractivity contribution >= 4 is 41.5 Å². The fourth-order valence-electron chi connectivity index (χ4n) is 3.89. The molecule has 2 N–H and O–H groups in total. The van der Waals surface area contributed by atoms with E-state index in [1.165, 1.54) is 29.2 Å². The molecule has 1 amide bonds. The number of carbonyl (C=O) groups excluding carboxylic acids is 1.